The minimum Gasteiger partial charge on any atom is -0.492 e. The molecule has 0 amide bonds. The van der Waals surface area contributed by atoms with Crippen molar-refractivity contribution in [3.8, 4) is 17.2 Å². The van der Waals surface area contributed by atoms with E-state index in [-0.39, 0.29) is 5.24 Å². The molecular weight excluding hydrogens is 385 g/mol. The van der Waals surface area contributed by atoms with E-state index in [0.29, 0.717) is 30.6 Å². The highest BCUT2D eigenvalue weighted by Gasteiger charge is 2.23. The molecule has 4 nitrogen and oxygen atoms in total. The Morgan fingerprint density at radius 3 is 2.30 bits per heavy atom. The largest absolute Gasteiger partial charge is 0.492 e. The van der Waals surface area contributed by atoms with Gasteiger partial charge in [0.1, 0.15) is 23.9 Å². The molecule has 1 aliphatic rings. The maximum absolute atomic E-state index is 11.0. The highest BCUT2D eigenvalue weighted by molar-refractivity contribution is 6.63. The molecule has 2 aromatic rings. The fraction of sp³-hybridized carbons (Fsp3) is 0.381. The number of hydrogen-bond donors (Lipinski definition) is 0. The second-order valence-corrected chi connectivity index (χ2v) is 7.49. The summed E-state index contributed by atoms with van der Waals surface area (Å²) in [4.78, 5) is 13.3. The van der Waals surface area contributed by atoms with E-state index in [2.05, 4.69) is 4.90 Å². The summed E-state index contributed by atoms with van der Waals surface area (Å²) in [6.07, 6.45) is 3.81. The van der Waals surface area contributed by atoms with E-state index in [9.17, 15) is 4.79 Å². The number of likely N-dealkylation sites (tertiary alicyclic amines) is 1. The van der Waals surface area contributed by atoms with Gasteiger partial charge in [-0.05, 0) is 79.5 Å². The average Bonchev–Trinajstić information content (AvgIpc) is 2.68. The predicted octanol–water partition coefficient (Wildman–Crippen LogP) is 5.52. The van der Waals surface area contributed by atoms with Crippen LogP contribution in [0.3, 0.4) is 0 Å². The molecule has 3 rings (SSSR count). The Kier molecular flexibility index (Phi) is 7.39. The summed E-state index contributed by atoms with van der Waals surface area (Å²) in [5, 5.41) is 0.398. The van der Waals surface area contributed by atoms with Crippen LogP contribution in [0.15, 0.2) is 48.5 Å². The predicted molar refractivity (Wildman–Crippen MR) is 108 cm³/mol. The lowest BCUT2D eigenvalue weighted by Gasteiger charge is -2.35. The first-order valence-electron chi connectivity index (χ1n) is 9.19. The molecule has 2 aromatic carbocycles. The standard InChI is InChI=1S/C21H23Cl2NO3/c22-16-4-6-19(7-5-16)27-20-10-8-18(9-11-20)26-15-17-3-1-2-13-24(17)14-12-21(23)25/h4-11,17H,1-3,12-15H2/t17-/m0/s1. The van der Waals surface area contributed by atoms with E-state index in [0.717, 1.165) is 36.6 Å². The zero-order chi connectivity index (χ0) is 19.1. The van der Waals surface area contributed by atoms with Gasteiger partial charge >= 0.3 is 0 Å². The second kappa shape index (κ2) is 9.98. The van der Waals surface area contributed by atoms with E-state index < -0.39 is 0 Å². The summed E-state index contributed by atoms with van der Waals surface area (Å²) in [6.45, 7) is 2.30. The first kappa shape index (κ1) is 20.0. The van der Waals surface area contributed by atoms with Crippen molar-refractivity contribution >= 4 is 28.4 Å². The maximum Gasteiger partial charge on any atom is 0.222 e. The van der Waals surface area contributed by atoms with Gasteiger partial charge in [0.2, 0.25) is 5.24 Å². The Labute approximate surface area is 170 Å². The lowest BCUT2D eigenvalue weighted by atomic mass is 10.0. The molecule has 27 heavy (non-hydrogen) atoms. The van der Waals surface area contributed by atoms with Gasteiger partial charge in [-0.3, -0.25) is 9.69 Å². The molecule has 1 saturated heterocycles. The molecule has 0 aliphatic carbocycles. The third-order valence-electron chi connectivity index (χ3n) is 4.66. The van der Waals surface area contributed by atoms with Gasteiger partial charge in [0.25, 0.3) is 0 Å². The summed E-state index contributed by atoms with van der Waals surface area (Å²) in [6, 6.07) is 15.1. The number of benzene rings is 2. The van der Waals surface area contributed by atoms with Crippen LogP contribution in [-0.4, -0.2) is 35.9 Å². The first-order valence-corrected chi connectivity index (χ1v) is 9.94. The first-order chi connectivity index (χ1) is 13.1. The van der Waals surface area contributed by atoms with Gasteiger partial charge < -0.3 is 9.47 Å². The van der Waals surface area contributed by atoms with Crippen molar-refractivity contribution in [2.75, 3.05) is 19.7 Å². The number of halogens is 2. The van der Waals surface area contributed by atoms with Crippen molar-refractivity contribution in [3.63, 3.8) is 0 Å². The smallest absolute Gasteiger partial charge is 0.222 e. The van der Waals surface area contributed by atoms with Gasteiger partial charge in [0.05, 0.1) is 0 Å². The van der Waals surface area contributed by atoms with Crippen LogP contribution in [0.2, 0.25) is 5.02 Å². The van der Waals surface area contributed by atoms with Crippen LogP contribution in [0.5, 0.6) is 17.2 Å². The van der Waals surface area contributed by atoms with E-state index in [4.69, 9.17) is 32.7 Å². The van der Waals surface area contributed by atoms with Gasteiger partial charge in [0, 0.05) is 24.0 Å². The average molecular weight is 408 g/mol. The highest BCUT2D eigenvalue weighted by Crippen LogP contribution is 2.26. The Balaban J connectivity index is 1.51. The van der Waals surface area contributed by atoms with Gasteiger partial charge in [-0.15, -0.1) is 0 Å². The number of rotatable bonds is 8. The molecule has 1 atom stereocenters. The molecule has 0 aromatic heterocycles. The van der Waals surface area contributed by atoms with Crippen LogP contribution in [0.25, 0.3) is 0 Å². The van der Waals surface area contributed by atoms with Crippen LogP contribution in [0, 0.1) is 0 Å². The lowest BCUT2D eigenvalue weighted by molar-refractivity contribution is -0.112. The molecule has 0 saturated carbocycles. The molecule has 0 radical (unpaired) electrons. The molecule has 0 unspecified atom stereocenters. The van der Waals surface area contributed by atoms with E-state index in [1.807, 2.05) is 36.4 Å². The number of carbonyl (C=O) groups is 1. The van der Waals surface area contributed by atoms with Crippen molar-refractivity contribution in [3.05, 3.63) is 53.6 Å². The molecule has 0 N–H and O–H groups in total. The van der Waals surface area contributed by atoms with E-state index >= 15 is 0 Å². The van der Waals surface area contributed by atoms with Crippen molar-refractivity contribution in [2.24, 2.45) is 0 Å². The number of hydrogen-bond acceptors (Lipinski definition) is 4. The zero-order valence-electron chi connectivity index (χ0n) is 15.1. The van der Waals surface area contributed by atoms with Crippen molar-refractivity contribution < 1.29 is 14.3 Å². The number of nitrogens with zero attached hydrogens (tertiary/aromatic N) is 1. The molecule has 1 fully saturated rings. The van der Waals surface area contributed by atoms with Crippen LogP contribution in [0.1, 0.15) is 25.7 Å². The van der Waals surface area contributed by atoms with Crippen molar-refractivity contribution in [1.82, 2.24) is 4.90 Å². The third-order valence-corrected chi connectivity index (χ3v) is 5.10. The molecule has 1 heterocycles. The number of carbonyl (C=O) groups excluding carboxylic acids is 1. The fourth-order valence-electron chi connectivity index (χ4n) is 3.21. The Hall–Kier alpha value is -1.75. The summed E-state index contributed by atoms with van der Waals surface area (Å²) in [7, 11) is 0. The van der Waals surface area contributed by atoms with Crippen LogP contribution in [0.4, 0.5) is 0 Å². The van der Waals surface area contributed by atoms with Crippen molar-refractivity contribution in [2.45, 2.75) is 31.7 Å². The van der Waals surface area contributed by atoms with Gasteiger partial charge in [-0.25, -0.2) is 0 Å². The monoisotopic (exact) mass is 407 g/mol. The molecule has 0 spiro atoms. The fourth-order valence-corrected chi connectivity index (χ4v) is 3.42. The number of piperidine rings is 1. The zero-order valence-corrected chi connectivity index (χ0v) is 16.6. The Morgan fingerprint density at radius 1 is 1.00 bits per heavy atom. The van der Waals surface area contributed by atoms with Crippen LogP contribution in [-0.2, 0) is 4.79 Å². The SMILES string of the molecule is O=C(Cl)CCN1CCCC[C@H]1COc1ccc(Oc2ccc(Cl)cc2)cc1. The molecular formula is C21H23Cl2NO3. The summed E-state index contributed by atoms with van der Waals surface area (Å²) >= 11 is 11.4. The highest BCUT2D eigenvalue weighted by atomic mass is 35.5. The molecule has 1 aliphatic heterocycles. The summed E-state index contributed by atoms with van der Waals surface area (Å²) in [5.41, 5.74) is 0. The van der Waals surface area contributed by atoms with Gasteiger partial charge in [-0.2, -0.15) is 0 Å². The summed E-state index contributed by atoms with van der Waals surface area (Å²) < 4.78 is 11.8. The van der Waals surface area contributed by atoms with Gasteiger partial charge in [-0.1, -0.05) is 18.0 Å². The van der Waals surface area contributed by atoms with E-state index in [1.165, 1.54) is 6.42 Å². The molecule has 144 valence electrons. The summed E-state index contributed by atoms with van der Waals surface area (Å²) in [5.74, 6) is 2.28. The molecule has 6 heteroatoms. The van der Waals surface area contributed by atoms with Crippen LogP contribution < -0.4 is 9.47 Å². The van der Waals surface area contributed by atoms with Crippen LogP contribution >= 0.6 is 23.2 Å². The quantitative estimate of drug-likeness (QED) is 0.539. The normalized spacial score (nSPS) is 17.5. The Morgan fingerprint density at radius 2 is 1.63 bits per heavy atom. The van der Waals surface area contributed by atoms with Crippen molar-refractivity contribution in [1.29, 1.82) is 0 Å². The van der Waals surface area contributed by atoms with Gasteiger partial charge in [0.15, 0.2) is 0 Å². The number of ether oxygens (including phenoxy) is 2. The topological polar surface area (TPSA) is 38.8 Å². The minimum atomic E-state index is -0.281. The molecule has 0 bridgehead atoms. The Bertz CT molecular complexity index is 734. The minimum absolute atomic E-state index is 0.281. The maximum atomic E-state index is 11.0. The second-order valence-electron chi connectivity index (χ2n) is 6.63. The third kappa shape index (κ3) is 6.42. The lowest BCUT2D eigenvalue weighted by Crippen LogP contribution is -2.43. The van der Waals surface area contributed by atoms with E-state index in [1.54, 1.807) is 12.1 Å².